The number of carbonyl (C=O) groups excluding carboxylic acids is 1. The second-order valence-electron chi connectivity index (χ2n) is 4.98. The fraction of sp³-hybridized carbons (Fsp3) is 0.467. The van der Waals surface area contributed by atoms with Crippen LogP contribution < -0.4 is 5.32 Å². The van der Waals surface area contributed by atoms with E-state index in [9.17, 15) is 4.79 Å². The van der Waals surface area contributed by atoms with E-state index in [1.54, 1.807) is 0 Å². The molecule has 4 nitrogen and oxygen atoms in total. The summed E-state index contributed by atoms with van der Waals surface area (Å²) in [4.78, 5) is 18.5. The molecule has 1 aromatic carbocycles. The first-order valence-corrected chi connectivity index (χ1v) is 6.70. The van der Waals surface area contributed by atoms with Gasteiger partial charge in [-0.3, -0.25) is 9.79 Å². The van der Waals surface area contributed by atoms with Crippen LogP contribution in [0.15, 0.2) is 23.2 Å². The molecular weight excluding hydrogens is 238 g/mol. The number of nitrogens with one attached hydrogen (secondary N) is 1. The van der Waals surface area contributed by atoms with Gasteiger partial charge in [0.05, 0.1) is 12.4 Å². The normalized spacial score (nSPS) is 14.5. The van der Waals surface area contributed by atoms with Gasteiger partial charge in [-0.15, -0.1) is 0 Å². The summed E-state index contributed by atoms with van der Waals surface area (Å²) >= 11 is 0. The molecule has 1 aromatic rings. The van der Waals surface area contributed by atoms with Crippen LogP contribution in [0.3, 0.4) is 0 Å². The summed E-state index contributed by atoms with van der Waals surface area (Å²) < 4.78 is 0. The molecule has 0 spiro atoms. The first-order valence-electron chi connectivity index (χ1n) is 6.70. The fourth-order valence-electron chi connectivity index (χ4n) is 2.32. The van der Waals surface area contributed by atoms with Crippen LogP contribution in [0.25, 0.3) is 0 Å². The molecule has 1 heterocycles. The van der Waals surface area contributed by atoms with Crippen molar-refractivity contribution < 1.29 is 4.79 Å². The van der Waals surface area contributed by atoms with Crippen molar-refractivity contribution in [3.05, 3.63) is 29.3 Å². The molecular formula is C15H21N3O. The molecule has 1 aliphatic heterocycles. The second kappa shape index (κ2) is 5.87. The van der Waals surface area contributed by atoms with Crippen molar-refractivity contribution in [3.8, 4) is 0 Å². The number of rotatable bonds is 4. The van der Waals surface area contributed by atoms with Crippen LogP contribution >= 0.6 is 0 Å². The van der Waals surface area contributed by atoms with Gasteiger partial charge >= 0.3 is 0 Å². The van der Waals surface area contributed by atoms with Crippen molar-refractivity contribution in [2.24, 2.45) is 4.99 Å². The largest absolute Gasteiger partial charge is 0.358 e. The average Bonchev–Trinajstić information content (AvgIpc) is 2.77. The molecule has 1 N–H and O–H groups in total. The fourth-order valence-corrected chi connectivity index (χ4v) is 2.32. The molecule has 0 aromatic heterocycles. The van der Waals surface area contributed by atoms with Crippen LogP contribution in [-0.2, 0) is 4.79 Å². The Bertz CT molecular complexity index is 488. The highest BCUT2D eigenvalue weighted by Crippen LogP contribution is 2.19. The maximum absolute atomic E-state index is 12.0. The van der Waals surface area contributed by atoms with E-state index in [-0.39, 0.29) is 5.91 Å². The minimum absolute atomic E-state index is 0.0668. The molecule has 19 heavy (non-hydrogen) atoms. The van der Waals surface area contributed by atoms with E-state index in [2.05, 4.69) is 15.2 Å². The van der Waals surface area contributed by atoms with E-state index in [4.69, 9.17) is 0 Å². The van der Waals surface area contributed by atoms with Crippen LogP contribution in [0.1, 0.15) is 24.5 Å². The third kappa shape index (κ3) is 3.34. The number of para-hydroxylation sites is 1. The number of hydrogen-bond donors (Lipinski definition) is 1. The summed E-state index contributed by atoms with van der Waals surface area (Å²) in [6, 6.07) is 6.03. The van der Waals surface area contributed by atoms with Gasteiger partial charge in [0.15, 0.2) is 0 Å². The number of amidine groups is 1. The van der Waals surface area contributed by atoms with Gasteiger partial charge in [-0.2, -0.15) is 0 Å². The van der Waals surface area contributed by atoms with E-state index < -0.39 is 0 Å². The van der Waals surface area contributed by atoms with Crippen LogP contribution in [0.4, 0.5) is 5.69 Å². The number of hydrogen-bond acceptors (Lipinski definition) is 3. The van der Waals surface area contributed by atoms with Crippen molar-refractivity contribution in [1.29, 1.82) is 0 Å². The number of aliphatic imine (C=N–C) groups is 1. The molecule has 0 saturated carbocycles. The van der Waals surface area contributed by atoms with Crippen molar-refractivity contribution >= 4 is 17.4 Å². The number of anilines is 1. The predicted octanol–water partition coefficient (Wildman–Crippen LogP) is 2.37. The van der Waals surface area contributed by atoms with E-state index in [1.165, 1.54) is 0 Å². The van der Waals surface area contributed by atoms with E-state index in [0.29, 0.717) is 6.42 Å². The Kier molecular flexibility index (Phi) is 4.20. The van der Waals surface area contributed by atoms with Gasteiger partial charge in [0.2, 0.25) is 5.91 Å². The maximum atomic E-state index is 12.0. The summed E-state index contributed by atoms with van der Waals surface area (Å²) in [6.45, 7) is 8.55. The van der Waals surface area contributed by atoms with Gasteiger partial charge in [-0.25, -0.2) is 0 Å². The van der Waals surface area contributed by atoms with Crippen molar-refractivity contribution in [1.82, 2.24) is 4.90 Å². The zero-order valence-corrected chi connectivity index (χ0v) is 11.9. The Balaban J connectivity index is 1.89. The summed E-state index contributed by atoms with van der Waals surface area (Å²) in [7, 11) is 0. The topological polar surface area (TPSA) is 44.7 Å². The van der Waals surface area contributed by atoms with Crippen molar-refractivity contribution in [2.75, 3.05) is 25.0 Å². The van der Waals surface area contributed by atoms with Gasteiger partial charge in [-0.05, 0) is 31.9 Å². The Hall–Kier alpha value is -1.84. The second-order valence-corrected chi connectivity index (χ2v) is 4.98. The van der Waals surface area contributed by atoms with E-state index >= 15 is 0 Å². The maximum Gasteiger partial charge on any atom is 0.226 e. The Labute approximate surface area is 114 Å². The Morgan fingerprint density at radius 2 is 2.00 bits per heavy atom. The quantitative estimate of drug-likeness (QED) is 0.902. The summed E-state index contributed by atoms with van der Waals surface area (Å²) in [6.07, 6.45) is 0.501. The lowest BCUT2D eigenvalue weighted by molar-refractivity contribution is -0.116. The molecule has 0 unspecified atom stereocenters. The zero-order valence-electron chi connectivity index (χ0n) is 11.9. The highest BCUT2D eigenvalue weighted by atomic mass is 16.1. The molecule has 102 valence electrons. The van der Waals surface area contributed by atoms with Crippen molar-refractivity contribution in [2.45, 2.75) is 27.2 Å². The number of amides is 1. The number of benzene rings is 1. The van der Waals surface area contributed by atoms with Gasteiger partial charge in [-0.1, -0.05) is 18.2 Å². The smallest absolute Gasteiger partial charge is 0.226 e. The third-order valence-electron chi connectivity index (χ3n) is 3.52. The minimum atomic E-state index is 0.0668. The summed E-state index contributed by atoms with van der Waals surface area (Å²) in [5.41, 5.74) is 3.15. The molecule has 0 saturated heterocycles. The van der Waals surface area contributed by atoms with Gasteiger partial charge < -0.3 is 10.2 Å². The lowest BCUT2D eigenvalue weighted by atomic mass is 10.1. The number of carbonyl (C=O) groups is 1. The summed E-state index contributed by atoms with van der Waals surface area (Å²) in [5, 5.41) is 3.01. The van der Waals surface area contributed by atoms with Crippen LogP contribution in [0.5, 0.6) is 0 Å². The highest BCUT2D eigenvalue weighted by Gasteiger charge is 2.14. The molecule has 1 aliphatic rings. The SMILES string of the molecule is CC1=NCCN1CCC(=O)Nc1c(C)cccc1C. The van der Waals surface area contributed by atoms with Gasteiger partial charge in [0.1, 0.15) is 0 Å². The Morgan fingerprint density at radius 1 is 1.32 bits per heavy atom. The lowest BCUT2D eigenvalue weighted by Crippen LogP contribution is -2.29. The number of nitrogens with zero attached hydrogens (tertiary/aromatic N) is 2. The van der Waals surface area contributed by atoms with Gasteiger partial charge in [0.25, 0.3) is 0 Å². The number of aryl methyl sites for hydroxylation is 2. The first-order chi connectivity index (χ1) is 9.08. The van der Waals surface area contributed by atoms with Crippen LogP contribution in [-0.4, -0.2) is 36.3 Å². The first kappa shape index (κ1) is 13.6. The molecule has 4 heteroatoms. The third-order valence-corrected chi connectivity index (χ3v) is 3.52. The molecule has 0 atom stereocenters. The average molecular weight is 259 g/mol. The van der Waals surface area contributed by atoms with Crippen molar-refractivity contribution in [3.63, 3.8) is 0 Å². The highest BCUT2D eigenvalue weighted by molar-refractivity contribution is 5.92. The minimum Gasteiger partial charge on any atom is -0.358 e. The van der Waals surface area contributed by atoms with Crippen LogP contribution in [0, 0.1) is 13.8 Å². The Morgan fingerprint density at radius 3 is 2.58 bits per heavy atom. The lowest BCUT2D eigenvalue weighted by Gasteiger charge is -2.18. The van der Waals surface area contributed by atoms with E-state index in [0.717, 1.165) is 42.3 Å². The molecule has 1 amide bonds. The monoisotopic (exact) mass is 259 g/mol. The molecule has 2 rings (SSSR count). The molecule has 0 bridgehead atoms. The predicted molar refractivity (Wildman–Crippen MR) is 78.7 cm³/mol. The standard InChI is InChI=1S/C15H21N3O/c1-11-5-4-6-12(2)15(11)17-14(19)7-9-18-10-8-16-13(18)3/h4-6H,7-10H2,1-3H3,(H,17,19). The zero-order chi connectivity index (χ0) is 13.8. The molecule has 0 aliphatic carbocycles. The molecule has 0 fully saturated rings. The van der Waals surface area contributed by atoms with Gasteiger partial charge in [0, 0.05) is 25.2 Å². The summed E-state index contributed by atoms with van der Waals surface area (Å²) in [5.74, 6) is 1.11. The molecule has 0 radical (unpaired) electrons. The van der Waals surface area contributed by atoms with Crippen LogP contribution in [0.2, 0.25) is 0 Å². The van der Waals surface area contributed by atoms with E-state index in [1.807, 2.05) is 39.0 Å².